The van der Waals surface area contributed by atoms with Gasteiger partial charge in [-0.15, -0.1) is 0 Å². The van der Waals surface area contributed by atoms with Crippen LogP contribution < -0.4 is 15.4 Å². The summed E-state index contributed by atoms with van der Waals surface area (Å²) in [5, 5.41) is 5.43. The van der Waals surface area contributed by atoms with Gasteiger partial charge in [0.25, 0.3) is 5.91 Å². The first-order chi connectivity index (χ1) is 9.69. The number of hydrogen-bond acceptors (Lipinski definition) is 3. The van der Waals surface area contributed by atoms with Crippen LogP contribution >= 0.6 is 0 Å². The molecule has 1 aromatic rings. The summed E-state index contributed by atoms with van der Waals surface area (Å²) >= 11 is 0. The lowest BCUT2D eigenvalue weighted by Gasteiger charge is -2.23. The van der Waals surface area contributed by atoms with Gasteiger partial charge in [0, 0.05) is 5.54 Å². The lowest BCUT2D eigenvalue weighted by Crippen LogP contribution is -2.51. The first kappa shape index (κ1) is 17.0. The number of para-hydroxylation sites is 1. The Hall–Kier alpha value is -2.04. The van der Waals surface area contributed by atoms with Gasteiger partial charge in [0.15, 0.2) is 6.61 Å². The van der Waals surface area contributed by atoms with Gasteiger partial charge in [0.05, 0.1) is 0 Å². The average molecular weight is 292 g/mol. The minimum Gasteiger partial charge on any atom is -0.484 e. The van der Waals surface area contributed by atoms with E-state index in [1.165, 1.54) is 0 Å². The summed E-state index contributed by atoms with van der Waals surface area (Å²) in [6, 6.07) is 6.86. The molecule has 0 saturated carbocycles. The molecule has 1 aromatic carbocycles. The van der Waals surface area contributed by atoms with Crippen LogP contribution in [0.5, 0.6) is 5.75 Å². The lowest BCUT2D eigenvalue weighted by molar-refractivity contribution is -0.130. The van der Waals surface area contributed by atoms with Crippen molar-refractivity contribution in [2.75, 3.05) is 6.61 Å². The van der Waals surface area contributed by atoms with Crippen molar-refractivity contribution in [1.82, 2.24) is 10.6 Å². The molecule has 0 unspecified atom stereocenters. The van der Waals surface area contributed by atoms with Gasteiger partial charge in [0.2, 0.25) is 5.91 Å². The quantitative estimate of drug-likeness (QED) is 0.869. The molecule has 0 bridgehead atoms. The topological polar surface area (TPSA) is 67.4 Å². The van der Waals surface area contributed by atoms with Crippen LogP contribution in [-0.2, 0) is 9.59 Å². The van der Waals surface area contributed by atoms with E-state index in [4.69, 9.17) is 4.74 Å². The van der Waals surface area contributed by atoms with Crippen LogP contribution in [0.25, 0.3) is 0 Å². The smallest absolute Gasteiger partial charge is 0.258 e. The Morgan fingerprint density at radius 1 is 1.24 bits per heavy atom. The van der Waals surface area contributed by atoms with Crippen molar-refractivity contribution in [3.05, 3.63) is 29.8 Å². The number of rotatable bonds is 5. The third-order valence-corrected chi connectivity index (χ3v) is 2.72. The molecule has 0 aliphatic rings. The Morgan fingerprint density at radius 3 is 2.43 bits per heavy atom. The summed E-state index contributed by atoms with van der Waals surface area (Å²) < 4.78 is 5.44. The van der Waals surface area contributed by atoms with Crippen molar-refractivity contribution in [1.29, 1.82) is 0 Å². The van der Waals surface area contributed by atoms with Gasteiger partial charge in [-0.25, -0.2) is 0 Å². The number of ether oxygens (including phenoxy) is 1. The Bertz CT molecular complexity index is 506. The van der Waals surface area contributed by atoms with Gasteiger partial charge >= 0.3 is 0 Å². The summed E-state index contributed by atoms with van der Waals surface area (Å²) in [6.45, 7) is 9.11. The molecule has 2 N–H and O–H groups in total. The number of carbonyl (C=O) groups excluding carboxylic acids is 2. The highest BCUT2D eigenvalue weighted by Gasteiger charge is 2.20. The third kappa shape index (κ3) is 6.29. The van der Waals surface area contributed by atoms with Gasteiger partial charge < -0.3 is 15.4 Å². The summed E-state index contributed by atoms with van der Waals surface area (Å²) in [5.41, 5.74) is 0.636. The molecule has 116 valence electrons. The zero-order chi connectivity index (χ0) is 16.0. The zero-order valence-electron chi connectivity index (χ0n) is 13.3. The standard InChI is InChI=1S/C16H24N2O3/c1-11-8-6-7-9-13(11)21-10-14(19)17-12(2)15(20)18-16(3,4)5/h6-9,12H,10H2,1-5H3,(H,17,19)(H,18,20)/t12-/m0/s1. The molecule has 0 radical (unpaired) electrons. The SMILES string of the molecule is Cc1ccccc1OCC(=O)N[C@@H](C)C(=O)NC(C)(C)C. The monoisotopic (exact) mass is 292 g/mol. The molecule has 1 rings (SSSR count). The number of amides is 2. The Morgan fingerprint density at radius 2 is 1.86 bits per heavy atom. The lowest BCUT2D eigenvalue weighted by atomic mass is 10.1. The minimum absolute atomic E-state index is 0.113. The second-order valence-electron chi connectivity index (χ2n) is 6.08. The fraction of sp³-hybridized carbons (Fsp3) is 0.500. The molecule has 0 aliphatic carbocycles. The first-order valence-corrected chi connectivity index (χ1v) is 6.99. The van der Waals surface area contributed by atoms with E-state index in [9.17, 15) is 9.59 Å². The average Bonchev–Trinajstić information content (AvgIpc) is 2.35. The maximum absolute atomic E-state index is 11.9. The molecule has 1 atom stereocenters. The van der Waals surface area contributed by atoms with E-state index in [0.717, 1.165) is 5.56 Å². The normalized spacial score (nSPS) is 12.4. The Labute approximate surface area is 126 Å². The van der Waals surface area contributed by atoms with E-state index >= 15 is 0 Å². The van der Waals surface area contributed by atoms with E-state index in [0.29, 0.717) is 5.75 Å². The van der Waals surface area contributed by atoms with Gasteiger partial charge in [-0.2, -0.15) is 0 Å². The third-order valence-electron chi connectivity index (χ3n) is 2.72. The highest BCUT2D eigenvalue weighted by molar-refractivity contribution is 5.88. The number of hydrogen-bond donors (Lipinski definition) is 2. The van der Waals surface area contributed by atoms with Crippen molar-refractivity contribution >= 4 is 11.8 Å². The van der Waals surface area contributed by atoms with Crippen LogP contribution in [0.2, 0.25) is 0 Å². The Balaban J connectivity index is 2.43. The molecular formula is C16H24N2O3. The molecule has 0 fully saturated rings. The number of aryl methyl sites for hydroxylation is 1. The first-order valence-electron chi connectivity index (χ1n) is 6.99. The number of benzene rings is 1. The van der Waals surface area contributed by atoms with Gasteiger partial charge in [0.1, 0.15) is 11.8 Å². The summed E-state index contributed by atoms with van der Waals surface area (Å²) in [4.78, 5) is 23.6. The van der Waals surface area contributed by atoms with Crippen LogP contribution in [0.15, 0.2) is 24.3 Å². The number of nitrogens with one attached hydrogen (secondary N) is 2. The molecular weight excluding hydrogens is 268 g/mol. The van der Waals surface area contributed by atoms with Gasteiger partial charge in [-0.3, -0.25) is 9.59 Å². The fourth-order valence-electron chi connectivity index (χ4n) is 1.69. The van der Waals surface area contributed by atoms with Crippen molar-refractivity contribution in [2.45, 2.75) is 46.2 Å². The van der Waals surface area contributed by atoms with E-state index in [1.807, 2.05) is 45.9 Å². The van der Waals surface area contributed by atoms with E-state index in [-0.39, 0.29) is 24.0 Å². The van der Waals surface area contributed by atoms with Crippen molar-refractivity contribution in [2.24, 2.45) is 0 Å². The molecule has 2 amide bonds. The maximum Gasteiger partial charge on any atom is 0.258 e. The van der Waals surface area contributed by atoms with Crippen molar-refractivity contribution in [3.8, 4) is 5.75 Å². The largest absolute Gasteiger partial charge is 0.484 e. The minimum atomic E-state index is -0.600. The van der Waals surface area contributed by atoms with E-state index in [2.05, 4.69) is 10.6 Å². The fourth-order valence-corrected chi connectivity index (χ4v) is 1.69. The molecule has 0 aromatic heterocycles. The summed E-state index contributed by atoms with van der Waals surface area (Å²) in [5.74, 6) is 0.126. The molecule has 5 nitrogen and oxygen atoms in total. The van der Waals surface area contributed by atoms with Crippen LogP contribution in [0.4, 0.5) is 0 Å². The maximum atomic E-state index is 11.9. The summed E-state index contributed by atoms with van der Waals surface area (Å²) in [7, 11) is 0. The van der Waals surface area contributed by atoms with Crippen LogP contribution in [-0.4, -0.2) is 30.0 Å². The van der Waals surface area contributed by atoms with Crippen LogP contribution in [0, 0.1) is 6.92 Å². The second-order valence-corrected chi connectivity index (χ2v) is 6.08. The molecule has 0 aliphatic heterocycles. The van der Waals surface area contributed by atoms with Crippen molar-refractivity contribution < 1.29 is 14.3 Å². The van der Waals surface area contributed by atoms with Gasteiger partial charge in [-0.1, -0.05) is 18.2 Å². The van der Waals surface area contributed by atoms with Gasteiger partial charge in [-0.05, 0) is 46.2 Å². The molecule has 21 heavy (non-hydrogen) atoms. The molecule has 0 heterocycles. The molecule has 5 heteroatoms. The van der Waals surface area contributed by atoms with E-state index < -0.39 is 6.04 Å². The number of carbonyl (C=O) groups is 2. The predicted octanol–water partition coefficient (Wildman–Crippen LogP) is 1.79. The highest BCUT2D eigenvalue weighted by Crippen LogP contribution is 2.15. The Kier molecular flexibility index (Phi) is 5.76. The van der Waals surface area contributed by atoms with E-state index in [1.54, 1.807) is 13.0 Å². The highest BCUT2D eigenvalue weighted by atomic mass is 16.5. The summed E-state index contributed by atoms with van der Waals surface area (Å²) in [6.07, 6.45) is 0. The van der Waals surface area contributed by atoms with Crippen LogP contribution in [0.3, 0.4) is 0 Å². The van der Waals surface area contributed by atoms with Crippen molar-refractivity contribution in [3.63, 3.8) is 0 Å². The second kappa shape index (κ2) is 7.11. The van der Waals surface area contributed by atoms with Crippen LogP contribution in [0.1, 0.15) is 33.3 Å². The molecule has 0 spiro atoms. The predicted molar refractivity (Wildman–Crippen MR) is 82.2 cm³/mol. The molecule has 0 saturated heterocycles. The zero-order valence-corrected chi connectivity index (χ0v) is 13.3.